The normalized spacial score (nSPS) is 12.4. The van der Waals surface area contributed by atoms with Crippen LogP contribution in [0.1, 0.15) is 149 Å². The molecule has 1 unspecified atom stereocenters. The first-order valence-corrected chi connectivity index (χ1v) is 17.8. The SMILES string of the molecule is CCCCCCCCCCCCOCC(COCCCOCCOCCOC)OCCCCCCCCCCCC. The molecule has 248 valence electrons. The Morgan fingerprint density at radius 2 is 0.707 bits per heavy atom. The molecule has 0 fully saturated rings. The molecular formula is C35H72O6. The topological polar surface area (TPSA) is 55.4 Å². The van der Waals surface area contributed by atoms with E-state index in [0.717, 1.165) is 32.5 Å². The maximum atomic E-state index is 6.20. The summed E-state index contributed by atoms with van der Waals surface area (Å²) in [7, 11) is 1.68. The molecule has 0 saturated carbocycles. The lowest BCUT2D eigenvalue weighted by Gasteiger charge is -2.18. The molecule has 1 atom stereocenters. The highest BCUT2D eigenvalue weighted by Crippen LogP contribution is 2.12. The van der Waals surface area contributed by atoms with Gasteiger partial charge in [-0.1, -0.05) is 129 Å². The molecule has 0 aromatic heterocycles. The molecule has 6 nitrogen and oxygen atoms in total. The number of hydrogen-bond donors (Lipinski definition) is 0. The van der Waals surface area contributed by atoms with Crippen molar-refractivity contribution in [1.82, 2.24) is 0 Å². The van der Waals surface area contributed by atoms with Crippen LogP contribution >= 0.6 is 0 Å². The highest BCUT2D eigenvalue weighted by atomic mass is 16.6. The molecule has 0 aliphatic carbocycles. The Morgan fingerprint density at radius 3 is 1.20 bits per heavy atom. The lowest BCUT2D eigenvalue weighted by molar-refractivity contribution is -0.0636. The lowest BCUT2D eigenvalue weighted by atomic mass is 10.1. The zero-order valence-electron chi connectivity index (χ0n) is 27.9. The van der Waals surface area contributed by atoms with E-state index in [1.807, 2.05) is 0 Å². The van der Waals surface area contributed by atoms with Crippen molar-refractivity contribution in [2.24, 2.45) is 0 Å². The van der Waals surface area contributed by atoms with Gasteiger partial charge in [0.15, 0.2) is 0 Å². The summed E-state index contributed by atoms with van der Waals surface area (Å²) in [6, 6.07) is 0. The van der Waals surface area contributed by atoms with Crippen LogP contribution in [0.25, 0.3) is 0 Å². The fourth-order valence-electron chi connectivity index (χ4n) is 4.83. The van der Waals surface area contributed by atoms with E-state index < -0.39 is 0 Å². The van der Waals surface area contributed by atoms with E-state index in [1.54, 1.807) is 7.11 Å². The van der Waals surface area contributed by atoms with Crippen LogP contribution in [-0.4, -0.2) is 79.3 Å². The molecule has 41 heavy (non-hydrogen) atoms. The second-order valence-corrected chi connectivity index (χ2v) is 11.6. The van der Waals surface area contributed by atoms with Crippen LogP contribution in [0.5, 0.6) is 0 Å². The lowest BCUT2D eigenvalue weighted by Crippen LogP contribution is -2.27. The van der Waals surface area contributed by atoms with Crippen LogP contribution in [0, 0.1) is 0 Å². The van der Waals surface area contributed by atoms with Crippen LogP contribution in [-0.2, 0) is 28.4 Å². The third kappa shape index (κ3) is 35.9. The van der Waals surface area contributed by atoms with E-state index in [1.165, 1.54) is 116 Å². The summed E-state index contributed by atoms with van der Waals surface area (Å²) in [6.45, 7) is 11.2. The van der Waals surface area contributed by atoms with Crippen LogP contribution in [0.15, 0.2) is 0 Å². The van der Waals surface area contributed by atoms with Gasteiger partial charge in [0.1, 0.15) is 6.10 Å². The van der Waals surface area contributed by atoms with E-state index in [2.05, 4.69) is 13.8 Å². The molecule has 0 saturated heterocycles. The Labute approximate surface area is 256 Å². The van der Waals surface area contributed by atoms with Crippen molar-refractivity contribution in [2.75, 3.05) is 73.2 Å². The summed E-state index contributed by atoms with van der Waals surface area (Å²) in [5, 5.41) is 0. The van der Waals surface area contributed by atoms with Gasteiger partial charge in [0, 0.05) is 33.5 Å². The van der Waals surface area contributed by atoms with Gasteiger partial charge in [0.2, 0.25) is 0 Å². The maximum absolute atomic E-state index is 6.20. The van der Waals surface area contributed by atoms with E-state index in [4.69, 9.17) is 28.4 Å². The fraction of sp³-hybridized carbons (Fsp3) is 1.00. The van der Waals surface area contributed by atoms with Gasteiger partial charge >= 0.3 is 0 Å². The first-order chi connectivity index (χ1) is 20.3. The second-order valence-electron chi connectivity index (χ2n) is 11.6. The van der Waals surface area contributed by atoms with Gasteiger partial charge in [0.25, 0.3) is 0 Å². The minimum atomic E-state index is 0.0202. The fourth-order valence-corrected chi connectivity index (χ4v) is 4.83. The first kappa shape index (κ1) is 40.8. The molecule has 0 bridgehead atoms. The Bertz CT molecular complexity index is 424. The van der Waals surface area contributed by atoms with Crippen molar-refractivity contribution in [3.8, 4) is 0 Å². The summed E-state index contributed by atoms with van der Waals surface area (Å²) in [6.07, 6.45) is 27.8. The van der Waals surface area contributed by atoms with Gasteiger partial charge in [-0.25, -0.2) is 0 Å². The third-order valence-corrected chi connectivity index (χ3v) is 7.48. The molecule has 0 heterocycles. The molecule has 0 aliphatic heterocycles. The number of methoxy groups -OCH3 is 1. The van der Waals surface area contributed by atoms with E-state index in [-0.39, 0.29) is 6.10 Å². The zero-order chi connectivity index (χ0) is 29.7. The summed E-state index contributed by atoms with van der Waals surface area (Å²) in [4.78, 5) is 0. The van der Waals surface area contributed by atoms with Crippen LogP contribution in [0.4, 0.5) is 0 Å². The second kappa shape index (κ2) is 37.8. The van der Waals surface area contributed by atoms with Crippen molar-refractivity contribution >= 4 is 0 Å². The van der Waals surface area contributed by atoms with E-state index >= 15 is 0 Å². The van der Waals surface area contributed by atoms with Gasteiger partial charge in [-0.05, 0) is 19.3 Å². The Hall–Kier alpha value is -0.240. The predicted molar refractivity (Wildman–Crippen MR) is 173 cm³/mol. The Balaban J connectivity index is 3.89. The van der Waals surface area contributed by atoms with Crippen molar-refractivity contribution < 1.29 is 28.4 Å². The van der Waals surface area contributed by atoms with E-state index in [9.17, 15) is 0 Å². The zero-order valence-corrected chi connectivity index (χ0v) is 27.9. The van der Waals surface area contributed by atoms with Crippen molar-refractivity contribution in [3.63, 3.8) is 0 Å². The molecule has 0 radical (unpaired) electrons. The maximum Gasteiger partial charge on any atom is 0.104 e. The van der Waals surface area contributed by atoms with Gasteiger partial charge in [-0.3, -0.25) is 0 Å². The highest BCUT2D eigenvalue weighted by molar-refractivity contribution is 4.57. The van der Waals surface area contributed by atoms with Gasteiger partial charge < -0.3 is 28.4 Å². The molecule has 0 rings (SSSR count). The standard InChI is InChI=1S/C35H72O6/c1-4-6-8-10-12-14-16-18-20-22-25-39-33-35(34-40-27-24-26-37-31-32-38-30-29-36-3)41-28-23-21-19-17-15-13-11-9-7-5-2/h35H,4-34H2,1-3H3. The van der Waals surface area contributed by atoms with E-state index in [0.29, 0.717) is 52.9 Å². The summed E-state index contributed by atoms with van der Waals surface area (Å²) < 4.78 is 34.1. The monoisotopic (exact) mass is 589 g/mol. The number of rotatable bonds is 37. The average Bonchev–Trinajstić information content (AvgIpc) is 2.98. The van der Waals surface area contributed by atoms with Crippen LogP contribution in [0.2, 0.25) is 0 Å². The Morgan fingerprint density at radius 1 is 0.341 bits per heavy atom. The van der Waals surface area contributed by atoms with Crippen molar-refractivity contribution in [2.45, 2.75) is 155 Å². The molecular weight excluding hydrogens is 516 g/mol. The summed E-state index contributed by atoms with van der Waals surface area (Å²) >= 11 is 0. The summed E-state index contributed by atoms with van der Waals surface area (Å²) in [5.41, 5.74) is 0. The van der Waals surface area contributed by atoms with Gasteiger partial charge in [-0.15, -0.1) is 0 Å². The van der Waals surface area contributed by atoms with Crippen LogP contribution in [0.3, 0.4) is 0 Å². The minimum Gasteiger partial charge on any atom is -0.382 e. The molecule has 0 aliphatic rings. The molecule has 0 spiro atoms. The molecule has 0 aromatic rings. The quantitative estimate of drug-likeness (QED) is 0.0674. The van der Waals surface area contributed by atoms with Crippen LogP contribution < -0.4 is 0 Å². The van der Waals surface area contributed by atoms with Gasteiger partial charge in [-0.2, -0.15) is 0 Å². The molecule has 0 N–H and O–H groups in total. The average molecular weight is 589 g/mol. The largest absolute Gasteiger partial charge is 0.382 e. The smallest absolute Gasteiger partial charge is 0.104 e. The van der Waals surface area contributed by atoms with Crippen molar-refractivity contribution in [3.05, 3.63) is 0 Å². The molecule has 0 aromatic carbocycles. The predicted octanol–water partition coefficient (Wildman–Crippen LogP) is 9.32. The number of hydrogen-bond acceptors (Lipinski definition) is 6. The van der Waals surface area contributed by atoms with Crippen molar-refractivity contribution in [1.29, 1.82) is 0 Å². The summed E-state index contributed by atoms with van der Waals surface area (Å²) in [5.74, 6) is 0. The van der Waals surface area contributed by atoms with Gasteiger partial charge in [0.05, 0.1) is 39.6 Å². The minimum absolute atomic E-state index is 0.0202. The Kier molecular flexibility index (Phi) is 37.6. The highest BCUT2D eigenvalue weighted by Gasteiger charge is 2.10. The number of ether oxygens (including phenoxy) is 6. The number of unbranched alkanes of at least 4 members (excludes halogenated alkanes) is 18. The third-order valence-electron chi connectivity index (χ3n) is 7.48. The molecule has 0 amide bonds. The first-order valence-electron chi connectivity index (χ1n) is 17.8. The molecule has 6 heteroatoms.